The predicted octanol–water partition coefficient (Wildman–Crippen LogP) is 1.93. The summed E-state index contributed by atoms with van der Waals surface area (Å²) in [5, 5.41) is 0. The maximum absolute atomic E-state index is 11.6. The van der Waals surface area contributed by atoms with Gasteiger partial charge in [-0.05, 0) is 32.0 Å². The average molecular weight is 277 g/mol. The lowest BCUT2D eigenvalue weighted by molar-refractivity contribution is -0.118. The zero-order chi connectivity index (χ0) is 14.3. The number of likely N-dealkylation sites (N-methyl/N-ethyl adjacent to an activating group) is 1. The van der Waals surface area contributed by atoms with Gasteiger partial charge in [-0.15, -0.1) is 0 Å². The predicted molar refractivity (Wildman–Crippen MR) is 73.5 cm³/mol. The number of methoxy groups -OCH3 is 1. The number of benzene rings is 1. The third-order valence-corrected chi connectivity index (χ3v) is 4.03. The van der Waals surface area contributed by atoms with E-state index in [1.165, 1.54) is 5.56 Å². The van der Waals surface area contributed by atoms with Gasteiger partial charge in [0.25, 0.3) is 0 Å². The molecule has 0 N–H and O–H groups in total. The van der Waals surface area contributed by atoms with Crippen LogP contribution in [0, 0.1) is 0 Å². The van der Waals surface area contributed by atoms with Crippen molar-refractivity contribution in [1.82, 2.24) is 4.90 Å². The molecule has 0 spiro atoms. The van der Waals surface area contributed by atoms with Gasteiger partial charge in [0.1, 0.15) is 5.78 Å². The van der Waals surface area contributed by atoms with Crippen LogP contribution in [0.25, 0.3) is 0 Å². The molecule has 1 aromatic rings. The van der Waals surface area contributed by atoms with E-state index in [-0.39, 0.29) is 18.6 Å². The van der Waals surface area contributed by atoms with Crippen molar-refractivity contribution >= 4 is 5.78 Å². The first-order valence-corrected chi connectivity index (χ1v) is 6.81. The minimum atomic E-state index is 0.0423. The van der Waals surface area contributed by atoms with Gasteiger partial charge in [-0.3, -0.25) is 9.69 Å². The number of hydrogen-bond donors (Lipinski definition) is 0. The molecule has 0 fully saturated rings. The molecule has 2 heterocycles. The van der Waals surface area contributed by atoms with Gasteiger partial charge in [0.15, 0.2) is 11.5 Å². The van der Waals surface area contributed by atoms with E-state index in [2.05, 4.69) is 4.90 Å². The number of ketones is 1. The molecule has 5 heteroatoms. The second-order valence-electron chi connectivity index (χ2n) is 5.37. The summed E-state index contributed by atoms with van der Waals surface area (Å²) in [6, 6.07) is 2.07. The fourth-order valence-electron chi connectivity index (χ4n) is 3.06. The summed E-state index contributed by atoms with van der Waals surface area (Å²) >= 11 is 0. The van der Waals surface area contributed by atoms with Crippen LogP contribution in [-0.4, -0.2) is 38.2 Å². The number of fused-ring (bicyclic) bond motifs is 2. The van der Waals surface area contributed by atoms with Gasteiger partial charge in [0.2, 0.25) is 12.5 Å². The van der Waals surface area contributed by atoms with Gasteiger partial charge in [0, 0.05) is 24.6 Å². The molecule has 1 aromatic carbocycles. The molecule has 108 valence electrons. The molecule has 0 aromatic heterocycles. The Kier molecular flexibility index (Phi) is 3.30. The van der Waals surface area contributed by atoms with Crippen molar-refractivity contribution in [2.45, 2.75) is 25.8 Å². The second kappa shape index (κ2) is 4.98. The first-order chi connectivity index (χ1) is 9.61. The summed E-state index contributed by atoms with van der Waals surface area (Å²) in [4.78, 5) is 13.8. The first-order valence-electron chi connectivity index (χ1n) is 6.81. The maximum Gasteiger partial charge on any atom is 0.231 e. The number of Topliss-reactive ketones (excluding diaryl/α,β-unsaturated/α-hetero) is 1. The highest BCUT2D eigenvalue weighted by atomic mass is 16.7. The monoisotopic (exact) mass is 277 g/mol. The van der Waals surface area contributed by atoms with Crippen molar-refractivity contribution in [2.75, 3.05) is 27.5 Å². The Bertz CT molecular complexity index is 555. The lowest BCUT2D eigenvalue weighted by Gasteiger charge is -2.35. The molecule has 2 aliphatic heterocycles. The van der Waals surface area contributed by atoms with Gasteiger partial charge >= 0.3 is 0 Å². The van der Waals surface area contributed by atoms with E-state index < -0.39 is 0 Å². The summed E-state index contributed by atoms with van der Waals surface area (Å²) in [7, 11) is 3.68. The summed E-state index contributed by atoms with van der Waals surface area (Å²) in [5.41, 5.74) is 2.26. The summed E-state index contributed by atoms with van der Waals surface area (Å²) in [6.07, 6.45) is 1.41. The number of hydrogen-bond acceptors (Lipinski definition) is 5. The SMILES string of the molecule is COc1c2c(cc3c1[C@H](CC(C)=O)N(C)CC3)OCO2. The molecule has 0 saturated carbocycles. The third kappa shape index (κ3) is 2.02. The van der Waals surface area contributed by atoms with E-state index in [1.807, 2.05) is 13.1 Å². The van der Waals surface area contributed by atoms with Crippen LogP contribution in [-0.2, 0) is 11.2 Å². The molecular weight excluding hydrogens is 258 g/mol. The van der Waals surface area contributed by atoms with Gasteiger partial charge in [0.05, 0.1) is 7.11 Å². The highest BCUT2D eigenvalue weighted by molar-refractivity contribution is 5.77. The molecule has 1 atom stereocenters. The molecule has 0 unspecified atom stereocenters. The molecule has 0 amide bonds. The quantitative estimate of drug-likeness (QED) is 0.845. The van der Waals surface area contributed by atoms with Crippen molar-refractivity contribution in [1.29, 1.82) is 0 Å². The van der Waals surface area contributed by atoms with E-state index in [1.54, 1.807) is 14.0 Å². The van der Waals surface area contributed by atoms with Crippen LogP contribution in [0.2, 0.25) is 0 Å². The fourth-order valence-corrected chi connectivity index (χ4v) is 3.06. The normalized spacial score (nSPS) is 20.6. The Morgan fingerprint density at radius 3 is 3.00 bits per heavy atom. The molecule has 2 aliphatic rings. The highest BCUT2D eigenvalue weighted by Crippen LogP contribution is 2.49. The molecule has 0 saturated heterocycles. The number of nitrogens with zero attached hydrogens (tertiary/aromatic N) is 1. The van der Waals surface area contributed by atoms with Gasteiger partial charge in [-0.25, -0.2) is 0 Å². The maximum atomic E-state index is 11.6. The third-order valence-electron chi connectivity index (χ3n) is 4.03. The molecule has 5 nitrogen and oxygen atoms in total. The number of ether oxygens (including phenoxy) is 3. The van der Waals surface area contributed by atoms with Crippen LogP contribution in [0.5, 0.6) is 17.2 Å². The van der Waals surface area contributed by atoms with E-state index in [0.29, 0.717) is 17.9 Å². The van der Waals surface area contributed by atoms with Crippen molar-refractivity contribution in [3.63, 3.8) is 0 Å². The fraction of sp³-hybridized carbons (Fsp3) is 0.533. The largest absolute Gasteiger partial charge is 0.492 e. The van der Waals surface area contributed by atoms with Crippen LogP contribution < -0.4 is 14.2 Å². The molecule has 20 heavy (non-hydrogen) atoms. The van der Waals surface area contributed by atoms with Crippen LogP contribution in [0.3, 0.4) is 0 Å². The highest BCUT2D eigenvalue weighted by Gasteiger charge is 2.34. The Balaban J connectivity index is 2.14. The number of carbonyl (C=O) groups excluding carboxylic acids is 1. The number of carbonyl (C=O) groups is 1. The topological polar surface area (TPSA) is 48.0 Å². The zero-order valence-corrected chi connectivity index (χ0v) is 12.1. The molecule has 3 rings (SSSR count). The number of rotatable bonds is 3. The van der Waals surface area contributed by atoms with Crippen molar-refractivity contribution in [3.05, 3.63) is 17.2 Å². The van der Waals surface area contributed by atoms with Crippen LogP contribution >= 0.6 is 0 Å². The van der Waals surface area contributed by atoms with E-state index in [9.17, 15) is 4.79 Å². The Hall–Kier alpha value is -1.75. The molecule has 0 bridgehead atoms. The van der Waals surface area contributed by atoms with Gasteiger partial charge in [-0.1, -0.05) is 0 Å². The smallest absolute Gasteiger partial charge is 0.231 e. The Labute approximate surface area is 118 Å². The molecule has 0 aliphatic carbocycles. The first kappa shape index (κ1) is 13.2. The minimum absolute atomic E-state index is 0.0423. The van der Waals surface area contributed by atoms with Gasteiger partial charge in [-0.2, -0.15) is 0 Å². The van der Waals surface area contributed by atoms with E-state index in [4.69, 9.17) is 14.2 Å². The van der Waals surface area contributed by atoms with Crippen molar-refractivity contribution < 1.29 is 19.0 Å². The van der Waals surface area contributed by atoms with E-state index >= 15 is 0 Å². The van der Waals surface area contributed by atoms with E-state index in [0.717, 1.165) is 24.3 Å². The molecular formula is C15H19NO4. The summed E-state index contributed by atoms with van der Waals surface area (Å²) in [5.74, 6) is 2.30. The summed E-state index contributed by atoms with van der Waals surface area (Å²) < 4.78 is 16.6. The lowest BCUT2D eigenvalue weighted by Crippen LogP contribution is -2.33. The van der Waals surface area contributed by atoms with Crippen LogP contribution in [0.15, 0.2) is 6.07 Å². The van der Waals surface area contributed by atoms with Gasteiger partial charge < -0.3 is 14.2 Å². The van der Waals surface area contributed by atoms with Crippen LogP contribution in [0.4, 0.5) is 0 Å². The van der Waals surface area contributed by atoms with Crippen molar-refractivity contribution in [3.8, 4) is 17.2 Å². The molecule has 0 radical (unpaired) electrons. The average Bonchev–Trinajstić information content (AvgIpc) is 2.87. The van der Waals surface area contributed by atoms with Crippen LogP contribution in [0.1, 0.15) is 30.5 Å². The standard InChI is InChI=1S/C15H19NO4/c1-9(17)6-11-13-10(4-5-16(11)2)7-12-14(15(13)18-3)20-8-19-12/h7,11H,4-6,8H2,1-3H3/t11-/m0/s1. The Morgan fingerprint density at radius 1 is 1.50 bits per heavy atom. The summed E-state index contributed by atoms with van der Waals surface area (Å²) in [6.45, 7) is 2.77. The lowest BCUT2D eigenvalue weighted by atomic mass is 9.88. The minimum Gasteiger partial charge on any atom is -0.492 e. The Morgan fingerprint density at radius 2 is 2.30 bits per heavy atom. The zero-order valence-electron chi connectivity index (χ0n) is 12.1. The van der Waals surface area contributed by atoms with Crippen molar-refractivity contribution in [2.24, 2.45) is 0 Å². The second-order valence-corrected chi connectivity index (χ2v) is 5.37.